The number of methoxy groups -OCH3 is 1. The Morgan fingerprint density at radius 2 is 2.23 bits per heavy atom. The summed E-state index contributed by atoms with van der Waals surface area (Å²) in [5.41, 5.74) is 0. The topological polar surface area (TPSA) is 21.3 Å². The Kier molecular flexibility index (Phi) is 4.25. The molecule has 1 aromatic heterocycles. The van der Waals surface area contributed by atoms with Crippen molar-refractivity contribution in [2.45, 2.75) is 20.4 Å². The van der Waals surface area contributed by atoms with E-state index in [1.165, 1.54) is 4.88 Å². The van der Waals surface area contributed by atoms with Crippen LogP contribution in [0.15, 0.2) is 12.1 Å². The van der Waals surface area contributed by atoms with Crippen LogP contribution >= 0.6 is 11.3 Å². The van der Waals surface area contributed by atoms with E-state index in [9.17, 15) is 0 Å². The van der Waals surface area contributed by atoms with Crippen molar-refractivity contribution in [3.05, 3.63) is 17.0 Å². The molecule has 74 valence electrons. The van der Waals surface area contributed by atoms with E-state index in [4.69, 9.17) is 4.74 Å². The second-order valence-electron chi connectivity index (χ2n) is 3.45. The summed E-state index contributed by atoms with van der Waals surface area (Å²) in [4.78, 5) is 1.33. The summed E-state index contributed by atoms with van der Waals surface area (Å²) in [6, 6.07) is 4.12. The molecule has 0 atom stereocenters. The van der Waals surface area contributed by atoms with Crippen molar-refractivity contribution in [2.75, 3.05) is 13.7 Å². The standard InChI is InChI=1S/C10H17NOS/c1-8(2)6-11-7-9-4-5-10(12-3)13-9/h4-5,8,11H,6-7H2,1-3H3. The average molecular weight is 199 g/mol. The van der Waals surface area contributed by atoms with E-state index in [1.54, 1.807) is 18.4 Å². The first-order chi connectivity index (χ1) is 6.22. The lowest BCUT2D eigenvalue weighted by Crippen LogP contribution is -2.18. The smallest absolute Gasteiger partial charge is 0.173 e. The third-order valence-electron chi connectivity index (χ3n) is 1.69. The van der Waals surface area contributed by atoms with Gasteiger partial charge in [0.1, 0.15) is 0 Å². The number of hydrogen-bond donors (Lipinski definition) is 1. The van der Waals surface area contributed by atoms with Crippen LogP contribution in [0.1, 0.15) is 18.7 Å². The summed E-state index contributed by atoms with van der Waals surface area (Å²) in [6.45, 7) is 6.44. The molecule has 0 aliphatic carbocycles. The molecule has 1 heterocycles. The SMILES string of the molecule is COc1ccc(CNCC(C)C)s1. The molecule has 13 heavy (non-hydrogen) atoms. The lowest BCUT2D eigenvalue weighted by atomic mass is 10.2. The summed E-state index contributed by atoms with van der Waals surface area (Å²) in [7, 11) is 1.71. The molecular weight excluding hydrogens is 182 g/mol. The third-order valence-corrected chi connectivity index (χ3v) is 2.74. The Bertz CT molecular complexity index is 245. The highest BCUT2D eigenvalue weighted by molar-refractivity contribution is 7.13. The minimum Gasteiger partial charge on any atom is -0.487 e. The number of thiophene rings is 1. The average Bonchev–Trinajstić information content (AvgIpc) is 2.52. The molecule has 1 rings (SSSR count). The van der Waals surface area contributed by atoms with Crippen LogP contribution in [0.2, 0.25) is 0 Å². The van der Waals surface area contributed by atoms with Gasteiger partial charge in [0.25, 0.3) is 0 Å². The van der Waals surface area contributed by atoms with Gasteiger partial charge in [0.2, 0.25) is 0 Å². The summed E-state index contributed by atoms with van der Waals surface area (Å²) in [5.74, 6) is 0.710. The molecule has 0 aliphatic heterocycles. The van der Waals surface area contributed by atoms with Crippen molar-refractivity contribution in [2.24, 2.45) is 5.92 Å². The molecule has 0 saturated carbocycles. The van der Waals surface area contributed by atoms with E-state index in [0.717, 1.165) is 18.2 Å². The van der Waals surface area contributed by atoms with Gasteiger partial charge < -0.3 is 10.1 Å². The lowest BCUT2D eigenvalue weighted by Gasteiger charge is -2.04. The molecule has 0 radical (unpaired) electrons. The number of ether oxygens (including phenoxy) is 1. The predicted molar refractivity (Wildman–Crippen MR) is 57.4 cm³/mol. The maximum atomic E-state index is 5.11. The Hall–Kier alpha value is -0.540. The van der Waals surface area contributed by atoms with E-state index in [2.05, 4.69) is 25.2 Å². The zero-order valence-corrected chi connectivity index (χ0v) is 9.28. The second-order valence-corrected chi connectivity index (χ2v) is 4.58. The number of rotatable bonds is 5. The van der Waals surface area contributed by atoms with Crippen LogP contribution in [0.25, 0.3) is 0 Å². The maximum absolute atomic E-state index is 5.11. The van der Waals surface area contributed by atoms with Gasteiger partial charge in [-0.2, -0.15) is 0 Å². The monoisotopic (exact) mass is 199 g/mol. The van der Waals surface area contributed by atoms with Crippen molar-refractivity contribution in [1.82, 2.24) is 5.32 Å². The van der Waals surface area contributed by atoms with Crippen molar-refractivity contribution in [3.8, 4) is 5.06 Å². The van der Waals surface area contributed by atoms with Crippen molar-refractivity contribution >= 4 is 11.3 Å². The molecule has 1 N–H and O–H groups in total. The molecule has 0 saturated heterocycles. The first kappa shape index (κ1) is 10.5. The summed E-state index contributed by atoms with van der Waals surface area (Å²) in [5, 5.41) is 4.38. The molecule has 0 aliphatic rings. The van der Waals surface area contributed by atoms with E-state index in [-0.39, 0.29) is 0 Å². The molecule has 3 heteroatoms. The van der Waals surface area contributed by atoms with Crippen LogP contribution < -0.4 is 10.1 Å². The third kappa shape index (κ3) is 3.79. The molecule has 0 unspecified atom stereocenters. The lowest BCUT2D eigenvalue weighted by molar-refractivity contribution is 0.427. The fraction of sp³-hybridized carbons (Fsp3) is 0.600. The maximum Gasteiger partial charge on any atom is 0.173 e. The highest BCUT2D eigenvalue weighted by Gasteiger charge is 1.99. The zero-order chi connectivity index (χ0) is 9.68. The van der Waals surface area contributed by atoms with Gasteiger partial charge in [-0.25, -0.2) is 0 Å². The van der Waals surface area contributed by atoms with Gasteiger partial charge in [0.05, 0.1) is 7.11 Å². The van der Waals surface area contributed by atoms with Gasteiger partial charge in [-0.15, -0.1) is 11.3 Å². The number of hydrogen-bond acceptors (Lipinski definition) is 3. The predicted octanol–water partition coefficient (Wildman–Crippen LogP) is 2.50. The highest BCUT2D eigenvalue weighted by Crippen LogP contribution is 2.23. The van der Waals surface area contributed by atoms with Gasteiger partial charge in [-0.1, -0.05) is 13.8 Å². The van der Waals surface area contributed by atoms with Crippen LogP contribution in [0.3, 0.4) is 0 Å². The normalized spacial score (nSPS) is 10.8. The minimum absolute atomic E-state index is 0.710. The van der Waals surface area contributed by atoms with Crippen molar-refractivity contribution in [3.63, 3.8) is 0 Å². The van der Waals surface area contributed by atoms with Crippen LogP contribution in [0.4, 0.5) is 0 Å². The van der Waals surface area contributed by atoms with Gasteiger partial charge in [-0.05, 0) is 24.6 Å². The first-order valence-corrected chi connectivity index (χ1v) is 5.37. The van der Waals surface area contributed by atoms with Crippen LogP contribution in [-0.4, -0.2) is 13.7 Å². The molecule has 0 bridgehead atoms. The van der Waals surface area contributed by atoms with Gasteiger partial charge in [0.15, 0.2) is 5.06 Å². The van der Waals surface area contributed by atoms with E-state index in [1.807, 2.05) is 6.07 Å². The Morgan fingerprint density at radius 1 is 1.46 bits per heavy atom. The minimum atomic E-state index is 0.710. The van der Waals surface area contributed by atoms with Gasteiger partial charge >= 0.3 is 0 Å². The Labute approximate surface area is 83.9 Å². The molecule has 2 nitrogen and oxygen atoms in total. The van der Waals surface area contributed by atoms with Gasteiger partial charge in [0, 0.05) is 11.4 Å². The largest absolute Gasteiger partial charge is 0.487 e. The van der Waals surface area contributed by atoms with Crippen molar-refractivity contribution < 1.29 is 4.74 Å². The molecule has 0 amide bonds. The van der Waals surface area contributed by atoms with E-state index < -0.39 is 0 Å². The van der Waals surface area contributed by atoms with E-state index >= 15 is 0 Å². The summed E-state index contributed by atoms with van der Waals surface area (Å²) in [6.07, 6.45) is 0. The highest BCUT2D eigenvalue weighted by atomic mass is 32.1. The first-order valence-electron chi connectivity index (χ1n) is 4.55. The van der Waals surface area contributed by atoms with Crippen LogP contribution in [-0.2, 0) is 6.54 Å². The molecular formula is C10H17NOS. The van der Waals surface area contributed by atoms with E-state index in [0.29, 0.717) is 5.92 Å². The molecule has 0 aromatic carbocycles. The zero-order valence-electron chi connectivity index (χ0n) is 8.46. The number of nitrogens with one attached hydrogen (secondary N) is 1. The van der Waals surface area contributed by atoms with Gasteiger partial charge in [-0.3, -0.25) is 0 Å². The van der Waals surface area contributed by atoms with Crippen molar-refractivity contribution in [1.29, 1.82) is 0 Å². The second kappa shape index (κ2) is 5.25. The molecule has 1 aromatic rings. The molecule has 0 spiro atoms. The molecule has 0 fully saturated rings. The Morgan fingerprint density at radius 3 is 2.77 bits per heavy atom. The van der Waals surface area contributed by atoms with Crippen LogP contribution in [0, 0.1) is 5.92 Å². The fourth-order valence-electron chi connectivity index (χ4n) is 1.05. The van der Waals surface area contributed by atoms with Crippen LogP contribution in [0.5, 0.6) is 5.06 Å². The fourth-order valence-corrected chi connectivity index (χ4v) is 1.84. The Balaban J connectivity index is 2.28. The summed E-state index contributed by atoms with van der Waals surface area (Å²) >= 11 is 1.70. The quantitative estimate of drug-likeness (QED) is 0.786. The summed E-state index contributed by atoms with van der Waals surface area (Å²) < 4.78 is 5.11.